The third-order valence-corrected chi connectivity index (χ3v) is 3.69. The topological polar surface area (TPSA) is 55.4 Å². The lowest BCUT2D eigenvalue weighted by Crippen LogP contribution is -2.14. The molecule has 2 aromatic rings. The molecule has 0 radical (unpaired) electrons. The van der Waals surface area contributed by atoms with Crippen molar-refractivity contribution in [3.63, 3.8) is 0 Å². The average molecular weight is 325 g/mol. The number of carbonyl (C=O) groups excluding carboxylic acids is 2. The highest BCUT2D eigenvalue weighted by Crippen LogP contribution is 2.20. The number of nitrogens with one attached hydrogen (secondary N) is 1. The number of amides is 1. The normalized spacial score (nSPS) is 10.2. The number of hydrogen-bond acceptors (Lipinski definition) is 3. The van der Waals surface area contributed by atoms with Gasteiger partial charge in [0.15, 0.2) is 5.78 Å². The molecule has 0 saturated heterocycles. The van der Waals surface area contributed by atoms with E-state index in [9.17, 15) is 9.59 Å². The summed E-state index contributed by atoms with van der Waals surface area (Å²) in [7, 11) is 0. The van der Waals surface area contributed by atoms with Crippen molar-refractivity contribution in [3.05, 3.63) is 59.7 Å². The van der Waals surface area contributed by atoms with Gasteiger partial charge in [0.05, 0.1) is 12.2 Å². The molecule has 0 atom stereocenters. The van der Waals surface area contributed by atoms with E-state index in [4.69, 9.17) is 4.74 Å². The van der Waals surface area contributed by atoms with Crippen LogP contribution in [0.4, 0.5) is 5.69 Å². The van der Waals surface area contributed by atoms with Crippen LogP contribution in [0.1, 0.15) is 53.8 Å². The summed E-state index contributed by atoms with van der Waals surface area (Å²) in [5.74, 6) is 0.363. The zero-order valence-electron chi connectivity index (χ0n) is 14.2. The highest BCUT2D eigenvalue weighted by atomic mass is 16.5. The number of unbranched alkanes of at least 4 members (excludes halogenated alkanes) is 2. The molecule has 0 bridgehead atoms. The van der Waals surface area contributed by atoms with Crippen molar-refractivity contribution in [2.24, 2.45) is 0 Å². The van der Waals surface area contributed by atoms with E-state index >= 15 is 0 Å². The first-order chi connectivity index (χ1) is 11.6. The Labute approximate surface area is 142 Å². The van der Waals surface area contributed by atoms with Gasteiger partial charge in [-0.05, 0) is 49.7 Å². The number of ether oxygens (including phenoxy) is 1. The Morgan fingerprint density at radius 2 is 1.71 bits per heavy atom. The molecule has 2 aromatic carbocycles. The van der Waals surface area contributed by atoms with Crippen LogP contribution < -0.4 is 10.1 Å². The summed E-state index contributed by atoms with van der Waals surface area (Å²) in [6, 6.07) is 14.1. The Morgan fingerprint density at radius 3 is 2.38 bits per heavy atom. The molecular formula is C20H23NO3. The van der Waals surface area contributed by atoms with E-state index in [0.717, 1.165) is 19.3 Å². The molecule has 0 aliphatic rings. The monoisotopic (exact) mass is 325 g/mol. The minimum Gasteiger partial charge on any atom is -0.493 e. The quantitative estimate of drug-likeness (QED) is 0.565. The van der Waals surface area contributed by atoms with Gasteiger partial charge in [-0.15, -0.1) is 0 Å². The molecule has 1 N–H and O–H groups in total. The maximum Gasteiger partial charge on any atom is 0.259 e. The van der Waals surface area contributed by atoms with Gasteiger partial charge in [0.2, 0.25) is 0 Å². The zero-order chi connectivity index (χ0) is 17.4. The van der Waals surface area contributed by atoms with Gasteiger partial charge >= 0.3 is 0 Å². The summed E-state index contributed by atoms with van der Waals surface area (Å²) in [6.45, 7) is 4.25. The van der Waals surface area contributed by atoms with Crippen LogP contribution in [-0.2, 0) is 0 Å². The van der Waals surface area contributed by atoms with Crippen molar-refractivity contribution in [2.45, 2.75) is 33.1 Å². The van der Waals surface area contributed by atoms with Crippen LogP contribution in [0.5, 0.6) is 5.75 Å². The minimum atomic E-state index is -0.225. The molecule has 0 aromatic heterocycles. The molecule has 0 spiro atoms. The first kappa shape index (κ1) is 17.7. The lowest BCUT2D eigenvalue weighted by atomic mass is 10.1. The standard InChI is InChI=1S/C20H23NO3/c1-3-4-7-14-24-19-9-6-5-8-18(19)20(23)21-17-12-10-16(11-13-17)15(2)22/h5-6,8-13H,3-4,7,14H2,1-2H3,(H,21,23). The van der Waals surface area contributed by atoms with Gasteiger partial charge in [-0.3, -0.25) is 9.59 Å². The number of anilines is 1. The maximum atomic E-state index is 12.5. The van der Waals surface area contributed by atoms with Crippen LogP contribution in [0.2, 0.25) is 0 Å². The van der Waals surface area contributed by atoms with Gasteiger partial charge in [-0.1, -0.05) is 31.9 Å². The smallest absolute Gasteiger partial charge is 0.259 e. The van der Waals surface area contributed by atoms with Crippen LogP contribution in [0.3, 0.4) is 0 Å². The van der Waals surface area contributed by atoms with Crippen molar-refractivity contribution in [3.8, 4) is 5.75 Å². The highest BCUT2D eigenvalue weighted by Gasteiger charge is 2.12. The molecule has 4 nitrogen and oxygen atoms in total. The number of rotatable bonds is 8. The number of carbonyl (C=O) groups is 2. The lowest BCUT2D eigenvalue weighted by Gasteiger charge is -2.12. The molecule has 0 aliphatic carbocycles. The minimum absolute atomic E-state index is 0.00120. The fourth-order valence-corrected chi connectivity index (χ4v) is 2.30. The van der Waals surface area contributed by atoms with Crippen molar-refractivity contribution < 1.29 is 14.3 Å². The predicted octanol–water partition coefficient (Wildman–Crippen LogP) is 4.71. The molecule has 1 amide bonds. The van der Waals surface area contributed by atoms with Crippen molar-refractivity contribution in [2.75, 3.05) is 11.9 Å². The van der Waals surface area contributed by atoms with E-state index < -0.39 is 0 Å². The van der Waals surface area contributed by atoms with E-state index in [1.807, 2.05) is 12.1 Å². The van der Waals surface area contributed by atoms with Crippen molar-refractivity contribution in [1.29, 1.82) is 0 Å². The molecule has 0 aliphatic heterocycles. The number of ketones is 1. The Hall–Kier alpha value is -2.62. The molecule has 4 heteroatoms. The molecule has 0 heterocycles. The van der Waals surface area contributed by atoms with E-state index in [-0.39, 0.29) is 11.7 Å². The number of benzene rings is 2. The maximum absolute atomic E-state index is 12.5. The van der Waals surface area contributed by atoms with Gasteiger partial charge in [-0.25, -0.2) is 0 Å². The van der Waals surface area contributed by atoms with Gasteiger partial charge in [0.25, 0.3) is 5.91 Å². The van der Waals surface area contributed by atoms with Gasteiger partial charge < -0.3 is 10.1 Å². The molecule has 24 heavy (non-hydrogen) atoms. The molecule has 0 saturated carbocycles. The Bertz CT molecular complexity index is 692. The summed E-state index contributed by atoms with van der Waals surface area (Å²) >= 11 is 0. The third kappa shape index (κ3) is 4.95. The van der Waals surface area contributed by atoms with Crippen molar-refractivity contribution in [1.82, 2.24) is 0 Å². The Kier molecular flexibility index (Phi) is 6.55. The van der Waals surface area contributed by atoms with E-state index in [1.165, 1.54) is 6.92 Å². The third-order valence-electron chi connectivity index (χ3n) is 3.69. The molecular weight excluding hydrogens is 302 g/mol. The predicted molar refractivity (Wildman–Crippen MR) is 95.9 cm³/mol. The number of Topliss-reactive ketones (excluding diaryl/α,β-unsaturated/α-hetero) is 1. The Morgan fingerprint density at radius 1 is 1.00 bits per heavy atom. The summed E-state index contributed by atoms with van der Waals surface area (Å²) < 4.78 is 5.74. The SMILES string of the molecule is CCCCCOc1ccccc1C(=O)Nc1ccc(C(C)=O)cc1. The Balaban J connectivity index is 2.05. The van der Waals surface area contributed by atoms with Crippen molar-refractivity contribution >= 4 is 17.4 Å². The fraction of sp³-hybridized carbons (Fsp3) is 0.300. The number of para-hydroxylation sites is 1. The fourth-order valence-electron chi connectivity index (χ4n) is 2.30. The van der Waals surface area contributed by atoms with Gasteiger partial charge in [0.1, 0.15) is 5.75 Å². The molecule has 0 unspecified atom stereocenters. The zero-order valence-corrected chi connectivity index (χ0v) is 14.2. The van der Waals surface area contributed by atoms with Crippen LogP contribution in [-0.4, -0.2) is 18.3 Å². The number of hydrogen-bond donors (Lipinski definition) is 1. The van der Waals surface area contributed by atoms with E-state index in [2.05, 4.69) is 12.2 Å². The average Bonchev–Trinajstić information content (AvgIpc) is 2.59. The van der Waals surface area contributed by atoms with E-state index in [0.29, 0.717) is 29.2 Å². The second-order valence-electron chi connectivity index (χ2n) is 5.64. The summed E-state index contributed by atoms with van der Waals surface area (Å²) in [5, 5.41) is 2.84. The first-order valence-electron chi connectivity index (χ1n) is 8.26. The van der Waals surface area contributed by atoms with Gasteiger partial charge in [0, 0.05) is 11.3 Å². The van der Waals surface area contributed by atoms with Crippen LogP contribution in [0.15, 0.2) is 48.5 Å². The molecule has 126 valence electrons. The summed E-state index contributed by atoms with van der Waals surface area (Å²) in [4.78, 5) is 23.8. The largest absolute Gasteiger partial charge is 0.493 e. The molecule has 0 fully saturated rings. The van der Waals surface area contributed by atoms with Crippen LogP contribution >= 0.6 is 0 Å². The summed E-state index contributed by atoms with van der Waals surface area (Å²) in [6.07, 6.45) is 3.21. The lowest BCUT2D eigenvalue weighted by molar-refractivity contribution is 0.101. The second-order valence-corrected chi connectivity index (χ2v) is 5.64. The van der Waals surface area contributed by atoms with E-state index in [1.54, 1.807) is 36.4 Å². The first-order valence-corrected chi connectivity index (χ1v) is 8.26. The second kappa shape index (κ2) is 8.87. The molecule has 2 rings (SSSR count). The van der Waals surface area contributed by atoms with Gasteiger partial charge in [-0.2, -0.15) is 0 Å². The summed E-state index contributed by atoms with van der Waals surface area (Å²) in [5.41, 5.74) is 1.77. The highest BCUT2D eigenvalue weighted by molar-refractivity contribution is 6.06. The van der Waals surface area contributed by atoms with Crippen LogP contribution in [0, 0.1) is 0 Å². The van der Waals surface area contributed by atoms with Crippen LogP contribution in [0.25, 0.3) is 0 Å².